The average Bonchev–Trinajstić information content (AvgIpc) is 2.27. The number of hydrogen-bond acceptors (Lipinski definition) is 3. The molecule has 1 aromatic rings. The summed E-state index contributed by atoms with van der Waals surface area (Å²) < 4.78 is 0. The minimum Gasteiger partial charge on any atom is -0.480 e. The highest BCUT2D eigenvalue weighted by Crippen LogP contribution is 2.19. The Bertz CT molecular complexity index is 475. The van der Waals surface area contributed by atoms with Crippen molar-refractivity contribution in [1.82, 2.24) is 0 Å². The highest BCUT2D eigenvalue weighted by atomic mass is 16.4. The number of rotatable bonds is 5. The van der Waals surface area contributed by atoms with Gasteiger partial charge in [0.2, 0.25) is 0 Å². The average molecular weight is 246 g/mol. The zero-order valence-corrected chi connectivity index (χ0v) is 10.9. The van der Waals surface area contributed by atoms with Crippen molar-refractivity contribution in [3.05, 3.63) is 29.3 Å². The van der Waals surface area contributed by atoms with Crippen LogP contribution in [0.15, 0.2) is 18.2 Å². The second-order valence-electron chi connectivity index (χ2n) is 4.83. The molecule has 0 spiro atoms. The number of nitriles is 1. The molecule has 0 aliphatic heterocycles. The predicted octanol–water partition coefficient (Wildman–Crippen LogP) is 2.78. The lowest BCUT2D eigenvalue weighted by molar-refractivity contribution is -0.138. The molecule has 0 fully saturated rings. The molecule has 0 bridgehead atoms. The number of benzene rings is 1. The van der Waals surface area contributed by atoms with Crippen molar-refractivity contribution in [2.45, 2.75) is 33.2 Å². The summed E-state index contributed by atoms with van der Waals surface area (Å²) in [5.74, 6) is -0.622. The van der Waals surface area contributed by atoms with Gasteiger partial charge in [-0.1, -0.05) is 19.9 Å². The van der Waals surface area contributed by atoms with E-state index >= 15 is 0 Å². The minimum atomic E-state index is -0.894. The van der Waals surface area contributed by atoms with Gasteiger partial charge in [0.05, 0.1) is 11.3 Å². The third kappa shape index (κ3) is 3.77. The molecule has 4 nitrogen and oxygen atoms in total. The summed E-state index contributed by atoms with van der Waals surface area (Å²) in [5.41, 5.74) is 2.05. The van der Waals surface area contributed by atoms with Gasteiger partial charge in [0.1, 0.15) is 12.1 Å². The molecule has 1 unspecified atom stereocenters. The van der Waals surface area contributed by atoms with Gasteiger partial charge >= 0.3 is 5.97 Å². The smallest absolute Gasteiger partial charge is 0.326 e. The molecular formula is C14H18N2O2. The van der Waals surface area contributed by atoms with E-state index in [1.54, 1.807) is 12.1 Å². The van der Waals surface area contributed by atoms with Crippen LogP contribution in [-0.4, -0.2) is 17.1 Å². The fraction of sp³-hybridized carbons (Fsp3) is 0.429. The van der Waals surface area contributed by atoms with E-state index < -0.39 is 12.0 Å². The molecule has 18 heavy (non-hydrogen) atoms. The van der Waals surface area contributed by atoms with E-state index in [1.807, 2.05) is 26.8 Å². The van der Waals surface area contributed by atoms with E-state index in [1.165, 1.54) is 0 Å². The Hall–Kier alpha value is -2.02. The monoisotopic (exact) mass is 246 g/mol. The van der Waals surface area contributed by atoms with Crippen molar-refractivity contribution in [2.75, 3.05) is 5.32 Å². The van der Waals surface area contributed by atoms with Gasteiger partial charge in [-0.15, -0.1) is 0 Å². The predicted molar refractivity (Wildman–Crippen MR) is 70.4 cm³/mol. The molecule has 0 saturated carbocycles. The Morgan fingerprint density at radius 3 is 2.67 bits per heavy atom. The van der Waals surface area contributed by atoms with E-state index in [-0.39, 0.29) is 5.92 Å². The maximum atomic E-state index is 11.2. The molecule has 0 aliphatic rings. The van der Waals surface area contributed by atoms with Crippen molar-refractivity contribution >= 4 is 11.7 Å². The summed E-state index contributed by atoms with van der Waals surface area (Å²) in [7, 11) is 0. The lowest BCUT2D eigenvalue weighted by Crippen LogP contribution is -2.31. The van der Waals surface area contributed by atoms with Gasteiger partial charge in [0.15, 0.2) is 0 Å². The Labute approximate surface area is 107 Å². The number of carboxylic acid groups (broad SMARTS) is 1. The van der Waals surface area contributed by atoms with Crippen molar-refractivity contribution in [1.29, 1.82) is 5.26 Å². The van der Waals surface area contributed by atoms with Crippen LogP contribution in [0.1, 0.15) is 31.4 Å². The van der Waals surface area contributed by atoms with Gasteiger partial charge in [-0.2, -0.15) is 5.26 Å². The molecule has 0 aromatic heterocycles. The molecule has 0 aliphatic carbocycles. The molecule has 96 valence electrons. The quantitative estimate of drug-likeness (QED) is 0.837. The van der Waals surface area contributed by atoms with E-state index in [9.17, 15) is 9.90 Å². The summed E-state index contributed by atoms with van der Waals surface area (Å²) >= 11 is 0. The zero-order valence-electron chi connectivity index (χ0n) is 10.9. The number of nitrogens with zero attached hydrogens (tertiary/aromatic N) is 1. The highest BCUT2D eigenvalue weighted by molar-refractivity contribution is 5.78. The van der Waals surface area contributed by atoms with E-state index in [0.29, 0.717) is 17.7 Å². The van der Waals surface area contributed by atoms with Gasteiger partial charge in [0.25, 0.3) is 0 Å². The van der Waals surface area contributed by atoms with Crippen LogP contribution >= 0.6 is 0 Å². The van der Waals surface area contributed by atoms with Crippen molar-refractivity contribution in [3.63, 3.8) is 0 Å². The van der Waals surface area contributed by atoms with Crippen LogP contribution in [0.3, 0.4) is 0 Å². The molecule has 0 radical (unpaired) electrons. The van der Waals surface area contributed by atoms with Crippen LogP contribution < -0.4 is 5.32 Å². The van der Waals surface area contributed by atoms with Gasteiger partial charge < -0.3 is 10.4 Å². The fourth-order valence-electron chi connectivity index (χ4n) is 1.76. The van der Waals surface area contributed by atoms with Crippen LogP contribution in [0.4, 0.5) is 5.69 Å². The second kappa shape index (κ2) is 6.06. The Balaban J connectivity index is 2.96. The normalized spacial score (nSPS) is 11.9. The maximum Gasteiger partial charge on any atom is 0.326 e. The first kappa shape index (κ1) is 14.0. The number of aryl methyl sites for hydroxylation is 1. The van der Waals surface area contributed by atoms with Crippen LogP contribution in [-0.2, 0) is 4.79 Å². The highest BCUT2D eigenvalue weighted by Gasteiger charge is 2.19. The molecule has 0 heterocycles. The first-order valence-corrected chi connectivity index (χ1v) is 5.94. The van der Waals surface area contributed by atoms with Crippen molar-refractivity contribution in [3.8, 4) is 6.07 Å². The number of carbonyl (C=O) groups is 1. The maximum absolute atomic E-state index is 11.2. The fourth-order valence-corrected chi connectivity index (χ4v) is 1.76. The number of carboxylic acids is 1. The topological polar surface area (TPSA) is 73.1 Å². The second-order valence-corrected chi connectivity index (χ2v) is 4.83. The van der Waals surface area contributed by atoms with Crippen LogP contribution in [0.5, 0.6) is 0 Å². The van der Waals surface area contributed by atoms with Gasteiger partial charge in [-0.3, -0.25) is 0 Å². The third-order valence-corrected chi connectivity index (χ3v) is 2.63. The van der Waals surface area contributed by atoms with Gasteiger partial charge in [-0.05, 0) is 37.0 Å². The van der Waals surface area contributed by atoms with E-state index in [0.717, 1.165) is 5.56 Å². The van der Waals surface area contributed by atoms with Crippen molar-refractivity contribution < 1.29 is 9.90 Å². The summed E-state index contributed by atoms with van der Waals surface area (Å²) in [6.07, 6.45) is 0.522. The Morgan fingerprint density at radius 2 is 2.17 bits per heavy atom. The molecule has 4 heteroatoms. The summed E-state index contributed by atoms with van der Waals surface area (Å²) in [4.78, 5) is 11.2. The number of hydrogen-bond donors (Lipinski definition) is 2. The zero-order chi connectivity index (χ0) is 13.7. The third-order valence-electron chi connectivity index (χ3n) is 2.63. The number of aliphatic carboxylic acids is 1. The molecule has 1 atom stereocenters. The molecule has 1 aromatic carbocycles. The first-order valence-electron chi connectivity index (χ1n) is 5.94. The molecule has 2 N–H and O–H groups in total. The SMILES string of the molecule is Cc1ccc(C#N)c(NC(CC(C)C)C(=O)O)c1. The van der Waals surface area contributed by atoms with E-state index in [4.69, 9.17) is 5.26 Å². The number of nitrogens with one attached hydrogen (secondary N) is 1. The molecular weight excluding hydrogens is 228 g/mol. The summed E-state index contributed by atoms with van der Waals surface area (Å²) in [6, 6.07) is 6.73. The summed E-state index contributed by atoms with van der Waals surface area (Å²) in [6.45, 7) is 5.85. The largest absolute Gasteiger partial charge is 0.480 e. The standard InChI is InChI=1S/C14H18N2O2/c1-9(2)6-13(14(17)18)16-12-7-10(3)4-5-11(12)8-15/h4-5,7,9,13,16H,6H2,1-3H3,(H,17,18). The number of anilines is 1. The van der Waals surface area contributed by atoms with Crippen molar-refractivity contribution in [2.24, 2.45) is 5.92 Å². The van der Waals surface area contributed by atoms with Crippen LogP contribution in [0.2, 0.25) is 0 Å². The molecule has 0 saturated heterocycles. The Kier molecular flexibility index (Phi) is 4.73. The lowest BCUT2D eigenvalue weighted by atomic mass is 10.0. The van der Waals surface area contributed by atoms with Gasteiger partial charge in [-0.25, -0.2) is 4.79 Å². The Morgan fingerprint density at radius 1 is 1.50 bits per heavy atom. The van der Waals surface area contributed by atoms with E-state index in [2.05, 4.69) is 11.4 Å². The van der Waals surface area contributed by atoms with Gasteiger partial charge in [0, 0.05) is 0 Å². The summed E-state index contributed by atoms with van der Waals surface area (Å²) in [5, 5.41) is 21.1. The molecule has 1 rings (SSSR count). The molecule has 0 amide bonds. The minimum absolute atomic E-state index is 0.272. The first-order chi connectivity index (χ1) is 8.43. The lowest BCUT2D eigenvalue weighted by Gasteiger charge is -2.18. The van der Waals surface area contributed by atoms with Crippen LogP contribution in [0.25, 0.3) is 0 Å². The van der Waals surface area contributed by atoms with Crippen LogP contribution in [0, 0.1) is 24.2 Å².